The molecule has 1 unspecified atom stereocenters. The third-order valence-corrected chi connectivity index (χ3v) is 6.07. The minimum Gasteiger partial charge on any atom is -0.376 e. The van der Waals surface area contributed by atoms with Crippen LogP contribution in [0.4, 0.5) is 0 Å². The maximum absolute atomic E-state index is 12.3. The zero-order valence-electron chi connectivity index (χ0n) is 15.9. The van der Waals surface area contributed by atoms with Crippen molar-refractivity contribution in [2.45, 2.75) is 24.1 Å². The second-order valence-electron chi connectivity index (χ2n) is 6.71. The van der Waals surface area contributed by atoms with E-state index in [2.05, 4.69) is 20.5 Å². The third-order valence-electron chi connectivity index (χ3n) is 4.59. The molecule has 1 N–H and O–H groups in total. The molecule has 0 bridgehead atoms. The molecule has 1 aliphatic heterocycles. The number of aromatic nitrogens is 4. The van der Waals surface area contributed by atoms with Gasteiger partial charge in [0, 0.05) is 36.1 Å². The molecular formula is C20H19Cl2N5O2S. The van der Waals surface area contributed by atoms with E-state index < -0.39 is 0 Å². The molecule has 30 heavy (non-hydrogen) atoms. The number of benzene rings is 1. The fourth-order valence-corrected chi connectivity index (χ4v) is 4.28. The molecule has 1 aromatic carbocycles. The van der Waals surface area contributed by atoms with Crippen LogP contribution in [0.5, 0.6) is 0 Å². The summed E-state index contributed by atoms with van der Waals surface area (Å²) in [5.41, 5.74) is 1.41. The Kier molecular flexibility index (Phi) is 6.89. The van der Waals surface area contributed by atoms with E-state index >= 15 is 0 Å². The van der Waals surface area contributed by atoms with Crippen molar-refractivity contribution in [1.82, 2.24) is 25.1 Å². The lowest BCUT2D eigenvalue weighted by molar-refractivity contribution is -0.119. The fraction of sp³-hybridized carbons (Fsp3) is 0.300. The number of rotatable bonds is 7. The number of carbonyl (C=O) groups excluding carboxylic acids is 1. The van der Waals surface area contributed by atoms with Gasteiger partial charge in [-0.1, -0.05) is 35.0 Å². The number of halogens is 2. The van der Waals surface area contributed by atoms with Gasteiger partial charge in [0.1, 0.15) is 0 Å². The summed E-state index contributed by atoms with van der Waals surface area (Å²) in [7, 11) is 0. The number of amides is 1. The van der Waals surface area contributed by atoms with E-state index in [0.717, 1.165) is 25.0 Å². The highest BCUT2D eigenvalue weighted by atomic mass is 35.5. The van der Waals surface area contributed by atoms with Crippen LogP contribution in [-0.4, -0.2) is 50.7 Å². The van der Waals surface area contributed by atoms with Crippen molar-refractivity contribution in [2.24, 2.45) is 0 Å². The van der Waals surface area contributed by atoms with Crippen LogP contribution >= 0.6 is 35.0 Å². The van der Waals surface area contributed by atoms with Gasteiger partial charge >= 0.3 is 0 Å². The summed E-state index contributed by atoms with van der Waals surface area (Å²) in [5, 5.41) is 13.1. The smallest absolute Gasteiger partial charge is 0.230 e. The second-order valence-corrected chi connectivity index (χ2v) is 8.49. The highest BCUT2D eigenvalue weighted by Gasteiger charge is 2.20. The molecule has 10 heteroatoms. The highest BCUT2D eigenvalue weighted by molar-refractivity contribution is 7.99. The maximum Gasteiger partial charge on any atom is 0.230 e. The molecule has 1 saturated heterocycles. The normalized spacial score (nSPS) is 16.0. The van der Waals surface area contributed by atoms with Crippen molar-refractivity contribution < 1.29 is 9.53 Å². The van der Waals surface area contributed by atoms with Crippen molar-refractivity contribution in [3.8, 4) is 17.1 Å². The van der Waals surface area contributed by atoms with Crippen LogP contribution in [-0.2, 0) is 9.53 Å². The van der Waals surface area contributed by atoms with Crippen molar-refractivity contribution >= 4 is 40.9 Å². The highest BCUT2D eigenvalue weighted by Crippen LogP contribution is 2.32. The van der Waals surface area contributed by atoms with Crippen LogP contribution in [0.2, 0.25) is 10.0 Å². The summed E-state index contributed by atoms with van der Waals surface area (Å²) in [4.78, 5) is 16.5. The Labute approximate surface area is 188 Å². The van der Waals surface area contributed by atoms with E-state index in [4.69, 9.17) is 27.9 Å². The first-order valence-electron chi connectivity index (χ1n) is 9.44. The number of ether oxygens (including phenoxy) is 1. The van der Waals surface area contributed by atoms with Gasteiger partial charge in [0.2, 0.25) is 5.91 Å². The Morgan fingerprint density at radius 1 is 1.30 bits per heavy atom. The van der Waals surface area contributed by atoms with Gasteiger partial charge in [0.05, 0.1) is 22.6 Å². The molecule has 2 aromatic heterocycles. The molecule has 7 nitrogen and oxygen atoms in total. The van der Waals surface area contributed by atoms with E-state index in [0.29, 0.717) is 33.3 Å². The minimum atomic E-state index is -0.0924. The maximum atomic E-state index is 12.3. The zero-order valence-corrected chi connectivity index (χ0v) is 18.3. The summed E-state index contributed by atoms with van der Waals surface area (Å²) < 4.78 is 7.33. The van der Waals surface area contributed by atoms with Gasteiger partial charge in [0.15, 0.2) is 11.0 Å². The van der Waals surface area contributed by atoms with E-state index in [-0.39, 0.29) is 17.8 Å². The molecule has 1 aliphatic rings. The van der Waals surface area contributed by atoms with E-state index in [9.17, 15) is 4.79 Å². The molecular weight excluding hydrogens is 445 g/mol. The van der Waals surface area contributed by atoms with Crippen LogP contribution in [0.15, 0.2) is 47.9 Å². The fourth-order valence-electron chi connectivity index (χ4n) is 3.13. The molecule has 0 saturated carbocycles. The molecule has 4 rings (SSSR count). The quantitative estimate of drug-likeness (QED) is 0.532. The first kappa shape index (κ1) is 21.1. The molecule has 1 fully saturated rings. The molecule has 1 atom stereocenters. The average molecular weight is 464 g/mol. The summed E-state index contributed by atoms with van der Waals surface area (Å²) in [6.45, 7) is 1.28. The molecule has 156 valence electrons. The predicted molar refractivity (Wildman–Crippen MR) is 117 cm³/mol. The number of nitrogens with one attached hydrogen (secondary N) is 1. The standard InChI is InChI=1S/C20H19Cl2N5O2S/c21-14-5-6-16(22)17(9-14)27-19(13-3-1-7-23-10-13)25-26-20(27)30-12-18(28)24-11-15-4-2-8-29-15/h1,3,5-7,9-10,15H,2,4,8,11-12H2,(H,24,28). The van der Waals surface area contributed by atoms with Crippen molar-refractivity contribution in [2.75, 3.05) is 18.9 Å². The summed E-state index contributed by atoms with van der Waals surface area (Å²) in [6.07, 6.45) is 5.50. The SMILES string of the molecule is O=C(CSc1nnc(-c2cccnc2)n1-c1cc(Cl)ccc1Cl)NCC1CCCO1. The Hall–Kier alpha value is -2.13. The van der Waals surface area contributed by atoms with Gasteiger partial charge in [-0.05, 0) is 43.2 Å². The zero-order chi connectivity index (χ0) is 20.9. The van der Waals surface area contributed by atoms with Crippen molar-refractivity contribution in [3.05, 3.63) is 52.8 Å². The Morgan fingerprint density at radius 3 is 2.97 bits per heavy atom. The first-order chi connectivity index (χ1) is 14.6. The van der Waals surface area contributed by atoms with Gasteiger partial charge in [-0.15, -0.1) is 10.2 Å². The van der Waals surface area contributed by atoms with Crippen LogP contribution < -0.4 is 5.32 Å². The Morgan fingerprint density at radius 2 is 2.20 bits per heavy atom. The second kappa shape index (κ2) is 9.78. The van der Waals surface area contributed by atoms with Crippen LogP contribution in [0.25, 0.3) is 17.1 Å². The number of hydrogen-bond acceptors (Lipinski definition) is 6. The van der Waals surface area contributed by atoms with Gasteiger partial charge in [-0.2, -0.15) is 0 Å². The van der Waals surface area contributed by atoms with Crippen LogP contribution in [0.3, 0.4) is 0 Å². The van der Waals surface area contributed by atoms with Gasteiger partial charge in [0.25, 0.3) is 0 Å². The molecule has 0 spiro atoms. The third kappa shape index (κ3) is 4.95. The van der Waals surface area contributed by atoms with Gasteiger partial charge < -0.3 is 10.1 Å². The molecule has 3 heterocycles. The number of carbonyl (C=O) groups is 1. The largest absolute Gasteiger partial charge is 0.376 e. The lowest BCUT2D eigenvalue weighted by Crippen LogP contribution is -2.32. The van der Waals surface area contributed by atoms with E-state index in [1.54, 1.807) is 35.2 Å². The van der Waals surface area contributed by atoms with Gasteiger partial charge in [-0.25, -0.2) is 0 Å². The minimum absolute atomic E-state index is 0.0924. The van der Waals surface area contributed by atoms with Crippen molar-refractivity contribution in [3.63, 3.8) is 0 Å². The molecule has 1 amide bonds. The van der Waals surface area contributed by atoms with E-state index in [1.165, 1.54) is 11.8 Å². The molecule has 0 radical (unpaired) electrons. The number of nitrogens with zero attached hydrogens (tertiary/aromatic N) is 4. The Balaban J connectivity index is 1.57. The van der Waals surface area contributed by atoms with Crippen LogP contribution in [0, 0.1) is 0 Å². The topological polar surface area (TPSA) is 81.9 Å². The number of hydrogen-bond donors (Lipinski definition) is 1. The summed E-state index contributed by atoms with van der Waals surface area (Å²) in [6, 6.07) is 8.88. The average Bonchev–Trinajstić information content (AvgIpc) is 3.43. The molecule has 0 aliphatic carbocycles. The van der Waals surface area contributed by atoms with Gasteiger partial charge in [-0.3, -0.25) is 14.3 Å². The number of pyridine rings is 1. The monoisotopic (exact) mass is 463 g/mol. The Bertz CT molecular complexity index is 1030. The summed E-state index contributed by atoms with van der Waals surface area (Å²) in [5.74, 6) is 0.662. The first-order valence-corrected chi connectivity index (χ1v) is 11.2. The number of thioether (sulfide) groups is 1. The predicted octanol–water partition coefficient (Wildman–Crippen LogP) is 4.02. The molecule has 3 aromatic rings. The lowest BCUT2D eigenvalue weighted by atomic mass is 10.2. The summed E-state index contributed by atoms with van der Waals surface area (Å²) >= 11 is 13.9. The van der Waals surface area contributed by atoms with E-state index in [1.807, 2.05) is 12.1 Å². The van der Waals surface area contributed by atoms with Crippen molar-refractivity contribution in [1.29, 1.82) is 0 Å². The van der Waals surface area contributed by atoms with Crippen LogP contribution in [0.1, 0.15) is 12.8 Å². The lowest BCUT2D eigenvalue weighted by Gasteiger charge is -2.13.